The van der Waals surface area contributed by atoms with Crippen molar-refractivity contribution in [2.45, 2.75) is 32.6 Å². The number of anilines is 1. The number of aryl methyl sites for hydroxylation is 1. The number of nitrogens with zero attached hydrogens (tertiary/aromatic N) is 2. The molecule has 0 aliphatic heterocycles. The molecule has 0 unspecified atom stereocenters. The van der Waals surface area contributed by atoms with Crippen LogP contribution in [-0.4, -0.2) is 34.8 Å². The van der Waals surface area contributed by atoms with Gasteiger partial charge in [0, 0.05) is 13.7 Å². The van der Waals surface area contributed by atoms with Gasteiger partial charge in [0.1, 0.15) is 5.76 Å². The summed E-state index contributed by atoms with van der Waals surface area (Å²) in [7, 11) is 1.65. The van der Waals surface area contributed by atoms with Gasteiger partial charge in [0.15, 0.2) is 11.6 Å². The van der Waals surface area contributed by atoms with Gasteiger partial charge in [0.2, 0.25) is 11.9 Å². The second-order valence-electron chi connectivity index (χ2n) is 5.75. The molecule has 2 heterocycles. The lowest BCUT2D eigenvalue weighted by molar-refractivity contribution is -0.131. The topological polar surface area (TPSA) is 93.0 Å². The molecule has 0 saturated heterocycles. The van der Waals surface area contributed by atoms with Gasteiger partial charge in [-0.25, -0.2) is 0 Å². The van der Waals surface area contributed by atoms with E-state index in [1.165, 1.54) is 0 Å². The van der Waals surface area contributed by atoms with Crippen molar-refractivity contribution >= 4 is 11.9 Å². The van der Waals surface area contributed by atoms with Crippen molar-refractivity contribution < 1.29 is 13.9 Å². The fourth-order valence-electron chi connectivity index (χ4n) is 2.72. The molecule has 2 aromatic rings. The lowest BCUT2D eigenvalue weighted by Crippen LogP contribution is -2.43. The van der Waals surface area contributed by atoms with Crippen LogP contribution in [0.5, 0.6) is 0 Å². The number of hydrogen-bond acceptors (Lipinski definition) is 5. The van der Waals surface area contributed by atoms with Gasteiger partial charge in [-0.1, -0.05) is 6.42 Å². The highest BCUT2D eigenvalue weighted by Gasteiger charge is 2.43. The fraction of sp³-hybridized carbons (Fsp3) is 0.533. The summed E-state index contributed by atoms with van der Waals surface area (Å²) in [5.41, 5.74) is -0.335. The Morgan fingerprint density at radius 1 is 1.50 bits per heavy atom. The van der Waals surface area contributed by atoms with Gasteiger partial charge in [0.05, 0.1) is 5.41 Å². The van der Waals surface area contributed by atoms with Gasteiger partial charge in [-0.05, 0) is 38.3 Å². The zero-order valence-electron chi connectivity index (χ0n) is 12.8. The number of rotatable bonds is 6. The standard InChI is InChI=1S/C15H20N4O3/c1-10-4-5-11(22-10)12-16-14(19-18-12)17-13(20)15(6-3-7-15)8-9-21-2/h4-5H,3,6-9H2,1-2H3,(H2,16,17,18,19,20). The van der Waals surface area contributed by atoms with E-state index in [-0.39, 0.29) is 17.3 Å². The second-order valence-corrected chi connectivity index (χ2v) is 5.75. The largest absolute Gasteiger partial charge is 0.458 e. The maximum absolute atomic E-state index is 12.5. The molecule has 1 aliphatic carbocycles. The van der Waals surface area contributed by atoms with Gasteiger partial charge in [0.25, 0.3) is 0 Å². The number of amides is 1. The SMILES string of the molecule is COCCC1(C(=O)Nc2n[nH]c(-c3ccc(C)o3)n2)CCC1. The minimum Gasteiger partial charge on any atom is -0.458 e. The zero-order chi connectivity index (χ0) is 15.6. The maximum Gasteiger partial charge on any atom is 0.249 e. The van der Waals surface area contributed by atoms with Crippen LogP contribution in [0.25, 0.3) is 11.6 Å². The highest BCUT2D eigenvalue weighted by Crippen LogP contribution is 2.44. The molecule has 1 amide bonds. The molecule has 0 bridgehead atoms. The van der Waals surface area contributed by atoms with E-state index in [1.807, 2.05) is 19.1 Å². The van der Waals surface area contributed by atoms with E-state index in [0.29, 0.717) is 18.2 Å². The molecule has 118 valence electrons. The predicted octanol–water partition coefficient (Wildman–Crippen LogP) is 2.52. The molecule has 1 aliphatic rings. The summed E-state index contributed by atoms with van der Waals surface area (Å²) in [5.74, 6) is 2.14. The molecular formula is C15H20N4O3. The molecule has 22 heavy (non-hydrogen) atoms. The van der Waals surface area contributed by atoms with Crippen molar-refractivity contribution in [3.8, 4) is 11.6 Å². The Balaban J connectivity index is 1.68. The number of H-pyrrole nitrogens is 1. The van der Waals surface area contributed by atoms with Gasteiger partial charge in [-0.2, -0.15) is 4.98 Å². The van der Waals surface area contributed by atoms with Crippen LogP contribution < -0.4 is 5.32 Å². The molecule has 0 spiro atoms. The number of carbonyl (C=O) groups excluding carboxylic acids is 1. The van der Waals surface area contributed by atoms with Crippen LogP contribution in [0.15, 0.2) is 16.5 Å². The average molecular weight is 304 g/mol. The van der Waals surface area contributed by atoms with E-state index in [1.54, 1.807) is 7.11 Å². The van der Waals surface area contributed by atoms with Crippen LogP contribution in [0.2, 0.25) is 0 Å². The highest BCUT2D eigenvalue weighted by atomic mass is 16.5. The van der Waals surface area contributed by atoms with Gasteiger partial charge in [-0.3, -0.25) is 15.2 Å². The molecule has 3 rings (SSSR count). The van der Waals surface area contributed by atoms with Crippen molar-refractivity contribution in [3.05, 3.63) is 17.9 Å². The van der Waals surface area contributed by atoms with Crippen molar-refractivity contribution in [3.63, 3.8) is 0 Å². The van der Waals surface area contributed by atoms with E-state index < -0.39 is 0 Å². The first-order chi connectivity index (χ1) is 10.6. The summed E-state index contributed by atoms with van der Waals surface area (Å²) < 4.78 is 10.6. The maximum atomic E-state index is 12.5. The molecule has 7 heteroatoms. The third kappa shape index (κ3) is 2.76. The number of ether oxygens (including phenoxy) is 1. The van der Waals surface area contributed by atoms with Crippen molar-refractivity contribution in [2.24, 2.45) is 5.41 Å². The Hall–Kier alpha value is -2.15. The van der Waals surface area contributed by atoms with Gasteiger partial charge >= 0.3 is 0 Å². The molecule has 0 aromatic carbocycles. The number of nitrogens with one attached hydrogen (secondary N) is 2. The quantitative estimate of drug-likeness (QED) is 0.855. The zero-order valence-corrected chi connectivity index (χ0v) is 12.8. The predicted molar refractivity (Wildman–Crippen MR) is 80.2 cm³/mol. The molecule has 0 radical (unpaired) electrons. The van der Waals surface area contributed by atoms with Gasteiger partial charge < -0.3 is 9.15 Å². The van der Waals surface area contributed by atoms with Crippen LogP contribution in [0.3, 0.4) is 0 Å². The van der Waals surface area contributed by atoms with E-state index in [2.05, 4.69) is 20.5 Å². The normalized spacial score (nSPS) is 16.3. The van der Waals surface area contributed by atoms with E-state index in [4.69, 9.17) is 9.15 Å². The van der Waals surface area contributed by atoms with Crippen molar-refractivity contribution in [1.29, 1.82) is 0 Å². The fourth-order valence-corrected chi connectivity index (χ4v) is 2.72. The van der Waals surface area contributed by atoms with Crippen LogP contribution >= 0.6 is 0 Å². The van der Waals surface area contributed by atoms with Gasteiger partial charge in [-0.15, -0.1) is 5.10 Å². The number of methoxy groups -OCH3 is 1. The van der Waals surface area contributed by atoms with E-state index >= 15 is 0 Å². The summed E-state index contributed by atoms with van der Waals surface area (Å²) in [6.45, 7) is 2.44. The Morgan fingerprint density at radius 3 is 2.91 bits per heavy atom. The minimum atomic E-state index is -0.335. The van der Waals surface area contributed by atoms with Crippen LogP contribution in [0.1, 0.15) is 31.4 Å². The minimum absolute atomic E-state index is 0.0306. The summed E-state index contributed by atoms with van der Waals surface area (Å²) in [6.07, 6.45) is 3.57. The third-order valence-electron chi connectivity index (χ3n) is 4.26. The summed E-state index contributed by atoms with van der Waals surface area (Å²) in [6, 6.07) is 3.66. The lowest BCUT2D eigenvalue weighted by atomic mass is 9.66. The lowest BCUT2D eigenvalue weighted by Gasteiger charge is -2.39. The van der Waals surface area contributed by atoms with Crippen molar-refractivity contribution in [2.75, 3.05) is 19.0 Å². The Bertz CT molecular complexity index is 657. The molecule has 0 atom stereocenters. The molecule has 2 aromatic heterocycles. The number of furan rings is 1. The van der Waals surface area contributed by atoms with Crippen molar-refractivity contribution in [1.82, 2.24) is 15.2 Å². The first-order valence-corrected chi connectivity index (χ1v) is 7.43. The second kappa shape index (κ2) is 5.92. The Morgan fingerprint density at radius 2 is 2.32 bits per heavy atom. The molecule has 1 fully saturated rings. The van der Waals surface area contributed by atoms with E-state index in [0.717, 1.165) is 31.4 Å². The summed E-state index contributed by atoms with van der Waals surface area (Å²) in [5, 5.41) is 9.61. The Labute approximate surface area is 128 Å². The molecule has 1 saturated carbocycles. The smallest absolute Gasteiger partial charge is 0.249 e. The first kappa shape index (κ1) is 14.8. The number of carbonyl (C=O) groups is 1. The first-order valence-electron chi connectivity index (χ1n) is 7.43. The summed E-state index contributed by atoms with van der Waals surface area (Å²) >= 11 is 0. The van der Waals surface area contributed by atoms with E-state index in [9.17, 15) is 4.79 Å². The van der Waals surface area contributed by atoms with Crippen LogP contribution in [0, 0.1) is 12.3 Å². The molecule has 2 N–H and O–H groups in total. The van der Waals surface area contributed by atoms with Crippen LogP contribution in [0.4, 0.5) is 5.95 Å². The highest BCUT2D eigenvalue weighted by molar-refractivity contribution is 5.94. The monoisotopic (exact) mass is 304 g/mol. The summed E-state index contributed by atoms with van der Waals surface area (Å²) in [4.78, 5) is 16.8. The number of hydrogen-bond donors (Lipinski definition) is 2. The third-order valence-corrected chi connectivity index (χ3v) is 4.26. The number of aromatic amines is 1. The van der Waals surface area contributed by atoms with Crippen LogP contribution in [-0.2, 0) is 9.53 Å². The molecule has 7 nitrogen and oxygen atoms in total. The molecular weight excluding hydrogens is 284 g/mol. The number of aromatic nitrogens is 3. The Kier molecular flexibility index (Phi) is 3.98. The average Bonchev–Trinajstić information content (AvgIpc) is 3.06.